The average Bonchev–Trinajstić information content (AvgIpc) is 2.84. The van der Waals surface area contributed by atoms with E-state index in [4.69, 9.17) is 0 Å². The van der Waals surface area contributed by atoms with Gasteiger partial charge in [-0.3, -0.25) is 0 Å². The van der Waals surface area contributed by atoms with Crippen LogP contribution in [-0.4, -0.2) is 30.2 Å². The molecule has 2 fully saturated rings. The van der Waals surface area contributed by atoms with Crippen molar-refractivity contribution in [3.05, 3.63) is 0 Å². The van der Waals surface area contributed by atoms with Crippen molar-refractivity contribution >= 4 is 10.0 Å². The predicted octanol–water partition coefficient (Wildman–Crippen LogP) is 2.64. The monoisotopic (exact) mass is 271 g/mol. The summed E-state index contributed by atoms with van der Waals surface area (Å²) in [6, 6.07) is 0.141. The third-order valence-electron chi connectivity index (χ3n) is 4.50. The fraction of sp³-hybridized carbons (Fsp3) is 1.00. The summed E-state index contributed by atoms with van der Waals surface area (Å²) >= 11 is 0. The standard InChI is InChI=1S/C12H21N3O2S/c16-18(17,10-6-2-1-3-7-10)15-12-9-5-4-8-11(12)13-14-15/h10-12H,1-9H2/t11-,12+/m0/s1. The minimum Gasteiger partial charge on any atom is -0.205 e. The first-order valence-corrected chi connectivity index (χ1v) is 8.64. The minimum absolute atomic E-state index is 0.0191. The van der Waals surface area contributed by atoms with Crippen LogP contribution in [0.25, 0.3) is 0 Å². The number of hydrogen-bond donors (Lipinski definition) is 0. The van der Waals surface area contributed by atoms with Crippen LogP contribution in [0, 0.1) is 0 Å². The van der Waals surface area contributed by atoms with E-state index in [0.29, 0.717) is 0 Å². The van der Waals surface area contributed by atoms with Crippen molar-refractivity contribution in [3.63, 3.8) is 0 Å². The van der Waals surface area contributed by atoms with Gasteiger partial charge >= 0.3 is 0 Å². The maximum atomic E-state index is 12.6. The first-order valence-electron chi connectivity index (χ1n) is 7.13. The zero-order valence-corrected chi connectivity index (χ0v) is 11.5. The van der Waals surface area contributed by atoms with Crippen molar-refractivity contribution in [1.29, 1.82) is 0 Å². The van der Waals surface area contributed by atoms with Crippen LogP contribution < -0.4 is 0 Å². The Hall–Kier alpha value is -0.650. The van der Waals surface area contributed by atoms with E-state index >= 15 is 0 Å². The topological polar surface area (TPSA) is 62.1 Å². The van der Waals surface area contributed by atoms with Crippen LogP contribution >= 0.6 is 0 Å². The lowest BCUT2D eigenvalue weighted by molar-refractivity contribution is 0.275. The van der Waals surface area contributed by atoms with E-state index in [1.165, 1.54) is 10.8 Å². The van der Waals surface area contributed by atoms with E-state index in [1.807, 2.05) is 0 Å². The second kappa shape index (κ2) is 4.79. The maximum Gasteiger partial charge on any atom is 0.254 e. The molecule has 3 rings (SSSR count). The van der Waals surface area contributed by atoms with Crippen LogP contribution in [-0.2, 0) is 10.0 Å². The first kappa shape index (κ1) is 12.4. The van der Waals surface area contributed by atoms with Gasteiger partial charge in [0, 0.05) is 0 Å². The second-order valence-electron chi connectivity index (χ2n) is 5.70. The molecule has 0 unspecified atom stereocenters. The number of rotatable bonds is 2. The molecule has 2 aliphatic carbocycles. The minimum atomic E-state index is -3.26. The molecular weight excluding hydrogens is 250 g/mol. The van der Waals surface area contributed by atoms with Gasteiger partial charge in [-0.05, 0) is 25.7 Å². The highest BCUT2D eigenvalue weighted by atomic mass is 32.2. The van der Waals surface area contributed by atoms with Crippen molar-refractivity contribution in [2.75, 3.05) is 0 Å². The number of fused-ring (bicyclic) bond motifs is 1. The highest BCUT2D eigenvalue weighted by Crippen LogP contribution is 2.36. The summed E-state index contributed by atoms with van der Waals surface area (Å²) in [7, 11) is -3.26. The molecule has 0 spiro atoms. The largest absolute Gasteiger partial charge is 0.254 e. The van der Waals surface area contributed by atoms with Gasteiger partial charge in [0.25, 0.3) is 10.0 Å². The quantitative estimate of drug-likeness (QED) is 0.775. The van der Waals surface area contributed by atoms with Gasteiger partial charge in [-0.2, -0.15) is 9.53 Å². The molecule has 0 saturated heterocycles. The summed E-state index contributed by atoms with van der Waals surface area (Å²) in [5, 5.41) is 7.95. The Kier molecular flexibility index (Phi) is 3.30. The van der Waals surface area contributed by atoms with Crippen LogP contribution in [0.4, 0.5) is 0 Å². The second-order valence-corrected chi connectivity index (χ2v) is 7.77. The molecule has 0 aromatic carbocycles. The van der Waals surface area contributed by atoms with Gasteiger partial charge in [-0.1, -0.05) is 37.3 Å². The Balaban J connectivity index is 1.79. The maximum absolute atomic E-state index is 12.6. The van der Waals surface area contributed by atoms with Gasteiger partial charge in [0.2, 0.25) is 0 Å². The van der Waals surface area contributed by atoms with Crippen molar-refractivity contribution in [2.45, 2.75) is 75.1 Å². The Morgan fingerprint density at radius 1 is 0.889 bits per heavy atom. The summed E-state index contributed by atoms with van der Waals surface area (Å²) in [5.41, 5.74) is 0. The molecular formula is C12H21N3O2S. The summed E-state index contributed by atoms with van der Waals surface area (Å²) in [5.74, 6) is 0. The van der Waals surface area contributed by atoms with Gasteiger partial charge in [0.05, 0.1) is 17.3 Å². The highest BCUT2D eigenvalue weighted by molar-refractivity contribution is 7.89. The summed E-state index contributed by atoms with van der Waals surface area (Å²) in [4.78, 5) is 0. The summed E-state index contributed by atoms with van der Waals surface area (Å²) in [6.45, 7) is 0. The van der Waals surface area contributed by atoms with Gasteiger partial charge in [0.15, 0.2) is 0 Å². The number of sulfonamides is 1. The molecule has 102 valence electrons. The van der Waals surface area contributed by atoms with Crippen LogP contribution in [0.15, 0.2) is 10.3 Å². The molecule has 2 saturated carbocycles. The Morgan fingerprint density at radius 3 is 2.33 bits per heavy atom. The Morgan fingerprint density at radius 2 is 1.56 bits per heavy atom. The molecule has 0 amide bonds. The Labute approximate surface area is 109 Å². The normalized spacial score (nSPS) is 33.7. The van der Waals surface area contributed by atoms with Crippen molar-refractivity contribution in [1.82, 2.24) is 4.41 Å². The molecule has 0 aromatic heterocycles. The molecule has 0 radical (unpaired) electrons. The zero-order valence-electron chi connectivity index (χ0n) is 10.7. The number of nitrogens with zero attached hydrogens (tertiary/aromatic N) is 3. The zero-order chi connectivity index (χ0) is 12.6. The highest BCUT2D eigenvalue weighted by Gasteiger charge is 2.44. The van der Waals surface area contributed by atoms with E-state index in [1.54, 1.807) is 0 Å². The molecule has 2 atom stereocenters. The predicted molar refractivity (Wildman–Crippen MR) is 68.5 cm³/mol. The van der Waals surface area contributed by atoms with Gasteiger partial charge in [-0.15, -0.1) is 0 Å². The molecule has 0 bridgehead atoms. The first-order chi connectivity index (χ1) is 8.69. The fourth-order valence-corrected chi connectivity index (χ4v) is 5.42. The summed E-state index contributed by atoms with van der Waals surface area (Å²) < 4.78 is 26.6. The molecule has 0 aromatic rings. The molecule has 0 N–H and O–H groups in total. The third-order valence-corrected chi connectivity index (χ3v) is 6.68. The smallest absolute Gasteiger partial charge is 0.205 e. The van der Waals surface area contributed by atoms with Gasteiger partial charge in [-0.25, -0.2) is 8.42 Å². The van der Waals surface area contributed by atoms with E-state index in [2.05, 4.69) is 10.3 Å². The lowest BCUT2D eigenvalue weighted by Crippen LogP contribution is -2.44. The number of hydrogen-bond acceptors (Lipinski definition) is 4. The molecule has 5 nitrogen and oxygen atoms in total. The van der Waals surface area contributed by atoms with Crippen LogP contribution in [0.1, 0.15) is 57.8 Å². The third kappa shape index (κ3) is 2.04. The van der Waals surface area contributed by atoms with E-state index < -0.39 is 10.0 Å². The van der Waals surface area contributed by atoms with Crippen LogP contribution in [0.5, 0.6) is 0 Å². The molecule has 6 heteroatoms. The van der Waals surface area contributed by atoms with Gasteiger partial charge < -0.3 is 0 Å². The van der Waals surface area contributed by atoms with E-state index in [9.17, 15) is 8.42 Å². The molecule has 3 aliphatic rings. The lowest BCUT2D eigenvalue weighted by Gasteiger charge is -2.32. The van der Waals surface area contributed by atoms with Crippen molar-refractivity contribution in [3.8, 4) is 0 Å². The van der Waals surface area contributed by atoms with Crippen LogP contribution in [0.2, 0.25) is 0 Å². The van der Waals surface area contributed by atoms with E-state index in [0.717, 1.165) is 51.4 Å². The van der Waals surface area contributed by atoms with E-state index in [-0.39, 0.29) is 17.3 Å². The SMILES string of the molecule is O=S(=O)(C1CCCCC1)N1N=N[C@H]2CCCC[C@H]21. The Bertz CT molecular complexity index is 429. The average molecular weight is 271 g/mol. The van der Waals surface area contributed by atoms with Crippen LogP contribution in [0.3, 0.4) is 0 Å². The molecule has 18 heavy (non-hydrogen) atoms. The van der Waals surface area contributed by atoms with Crippen molar-refractivity contribution in [2.24, 2.45) is 10.3 Å². The van der Waals surface area contributed by atoms with Gasteiger partial charge in [0.1, 0.15) is 0 Å². The summed E-state index contributed by atoms with van der Waals surface area (Å²) in [6.07, 6.45) is 8.98. The van der Waals surface area contributed by atoms with Crippen molar-refractivity contribution < 1.29 is 8.42 Å². The molecule has 1 aliphatic heterocycles. The molecule has 1 heterocycles. The lowest BCUT2D eigenvalue weighted by atomic mass is 9.92. The fourth-order valence-electron chi connectivity index (χ4n) is 3.42.